The molecule has 1 aromatic rings. The second kappa shape index (κ2) is 6.29. The van der Waals surface area contributed by atoms with Crippen LogP contribution in [0.5, 0.6) is 0 Å². The zero-order chi connectivity index (χ0) is 20.2. The molecule has 3 atom stereocenters. The zero-order valence-electron chi connectivity index (χ0n) is 14.5. The van der Waals surface area contributed by atoms with Gasteiger partial charge in [-0.25, -0.2) is 4.79 Å². The molecular formula is C17H18F6N2O2. The van der Waals surface area contributed by atoms with E-state index in [1.165, 1.54) is 0 Å². The van der Waals surface area contributed by atoms with Gasteiger partial charge in [-0.2, -0.15) is 26.3 Å². The van der Waals surface area contributed by atoms with Crippen molar-refractivity contribution in [3.63, 3.8) is 0 Å². The Morgan fingerprint density at radius 2 is 1.63 bits per heavy atom. The van der Waals surface area contributed by atoms with Gasteiger partial charge in [-0.05, 0) is 24.6 Å². The number of benzene rings is 1. The maximum Gasteiger partial charge on any atom is 0.416 e. The van der Waals surface area contributed by atoms with Gasteiger partial charge in [0.1, 0.15) is 0 Å². The molecule has 1 heterocycles. The summed E-state index contributed by atoms with van der Waals surface area (Å²) in [5.74, 6) is 0.0815. The molecule has 0 spiro atoms. The predicted octanol–water partition coefficient (Wildman–Crippen LogP) is 4.66. The van der Waals surface area contributed by atoms with E-state index in [9.17, 15) is 31.1 Å². The second-order valence-corrected chi connectivity index (χ2v) is 7.44. The number of fused-ring (bicyclic) bond motifs is 1. The molecule has 1 saturated heterocycles. The van der Waals surface area contributed by atoms with Gasteiger partial charge < -0.3 is 15.4 Å². The molecule has 2 aliphatic rings. The fraction of sp³-hybridized carbons (Fsp3) is 0.588. The van der Waals surface area contributed by atoms with Gasteiger partial charge in [0.05, 0.1) is 17.2 Å². The van der Waals surface area contributed by atoms with E-state index in [4.69, 9.17) is 4.74 Å². The number of nitrogens with one attached hydrogen (secondary N) is 2. The van der Waals surface area contributed by atoms with E-state index in [0.29, 0.717) is 18.7 Å². The molecule has 3 rings (SSSR count). The van der Waals surface area contributed by atoms with Gasteiger partial charge >= 0.3 is 18.4 Å². The van der Waals surface area contributed by atoms with Gasteiger partial charge in [-0.1, -0.05) is 13.8 Å². The van der Waals surface area contributed by atoms with Crippen LogP contribution in [0.15, 0.2) is 18.2 Å². The summed E-state index contributed by atoms with van der Waals surface area (Å²) in [6, 6.07) is -0.174. The third kappa shape index (κ3) is 3.71. The largest absolute Gasteiger partial charge is 0.416 e. The van der Waals surface area contributed by atoms with E-state index in [0.717, 1.165) is 6.42 Å². The SMILES string of the molecule is CC1(C)[C@H](NC(=O)Nc2cc(C(F)(F)F)cc(C(F)(F)F)c2)[C@H]2CCO[C@H]21. The minimum atomic E-state index is -4.97. The fourth-order valence-electron chi connectivity index (χ4n) is 3.95. The van der Waals surface area contributed by atoms with Crippen molar-refractivity contribution >= 4 is 11.7 Å². The maximum absolute atomic E-state index is 12.9. The smallest absolute Gasteiger partial charge is 0.377 e. The minimum absolute atomic E-state index is 0.0125. The highest BCUT2D eigenvalue weighted by Gasteiger charge is 2.59. The third-order valence-electron chi connectivity index (χ3n) is 5.23. The molecule has 1 saturated carbocycles. The monoisotopic (exact) mass is 396 g/mol. The first kappa shape index (κ1) is 19.8. The molecular weight excluding hydrogens is 378 g/mol. The maximum atomic E-state index is 12.9. The van der Waals surface area contributed by atoms with Crippen molar-refractivity contribution in [2.75, 3.05) is 11.9 Å². The van der Waals surface area contributed by atoms with E-state index < -0.39 is 35.2 Å². The van der Waals surface area contributed by atoms with Gasteiger partial charge in [0.15, 0.2) is 0 Å². The standard InChI is InChI=1S/C17H18F6N2O2/c1-15(2)12(11-3-4-27-13(11)15)25-14(26)24-10-6-8(16(18,19)20)5-9(7-10)17(21,22)23/h5-7,11-13H,3-4H2,1-2H3,(H2,24,25,26)/t11-,12-,13-/m1/s1. The highest BCUT2D eigenvalue weighted by Crippen LogP contribution is 2.52. The van der Waals surface area contributed by atoms with Crippen molar-refractivity contribution in [1.82, 2.24) is 5.32 Å². The number of urea groups is 1. The quantitative estimate of drug-likeness (QED) is 0.715. The van der Waals surface area contributed by atoms with E-state index in [-0.39, 0.29) is 29.5 Å². The van der Waals surface area contributed by atoms with Gasteiger partial charge in [0.25, 0.3) is 0 Å². The molecule has 0 unspecified atom stereocenters. The Balaban J connectivity index is 1.77. The van der Waals surface area contributed by atoms with Gasteiger partial charge in [-0.15, -0.1) is 0 Å². The Bertz CT molecular complexity index is 712. The Morgan fingerprint density at radius 3 is 2.15 bits per heavy atom. The van der Waals surface area contributed by atoms with Crippen LogP contribution in [0.1, 0.15) is 31.4 Å². The number of hydrogen-bond donors (Lipinski definition) is 2. The van der Waals surface area contributed by atoms with Gasteiger partial charge in [-0.3, -0.25) is 0 Å². The average Bonchev–Trinajstić information content (AvgIpc) is 2.98. The van der Waals surface area contributed by atoms with Crippen LogP contribution in [0.25, 0.3) is 0 Å². The first-order valence-corrected chi connectivity index (χ1v) is 8.29. The van der Waals surface area contributed by atoms with Crippen LogP contribution in [-0.2, 0) is 17.1 Å². The first-order valence-electron chi connectivity index (χ1n) is 8.29. The van der Waals surface area contributed by atoms with Crippen molar-refractivity contribution in [1.29, 1.82) is 0 Å². The lowest BCUT2D eigenvalue weighted by Crippen LogP contribution is -2.67. The van der Waals surface area contributed by atoms with Crippen molar-refractivity contribution < 1.29 is 35.9 Å². The normalized spacial score (nSPS) is 26.9. The third-order valence-corrected chi connectivity index (χ3v) is 5.23. The lowest BCUT2D eigenvalue weighted by Gasteiger charge is -2.54. The Morgan fingerprint density at radius 1 is 1.07 bits per heavy atom. The molecule has 2 fully saturated rings. The highest BCUT2D eigenvalue weighted by molar-refractivity contribution is 5.90. The molecule has 2 amide bonds. The summed E-state index contributed by atoms with van der Waals surface area (Å²) in [6.45, 7) is 4.33. The molecule has 2 N–H and O–H groups in total. The summed E-state index contributed by atoms with van der Waals surface area (Å²) in [5, 5.41) is 4.74. The van der Waals surface area contributed by atoms with Crippen LogP contribution in [0.2, 0.25) is 0 Å². The van der Waals surface area contributed by atoms with Crippen LogP contribution >= 0.6 is 0 Å². The van der Waals surface area contributed by atoms with Crippen LogP contribution in [0, 0.1) is 11.3 Å². The lowest BCUT2D eigenvalue weighted by molar-refractivity contribution is -0.143. The number of anilines is 1. The van der Waals surface area contributed by atoms with E-state index in [1.54, 1.807) is 0 Å². The number of carbonyl (C=O) groups is 1. The van der Waals surface area contributed by atoms with Crippen molar-refractivity contribution in [3.05, 3.63) is 29.3 Å². The second-order valence-electron chi connectivity index (χ2n) is 7.44. The van der Waals surface area contributed by atoms with E-state index >= 15 is 0 Å². The van der Waals surface area contributed by atoms with Crippen molar-refractivity contribution in [2.45, 2.75) is 44.8 Å². The van der Waals surface area contributed by atoms with Crippen molar-refractivity contribution in [2.24, 2.45) is 11.3 Å². The summed E-state index contributed by atoms with van der Waals surface area (Å²) in [5.41, 5.74) is -3.92. The number of hydrogen-bond acceptors (Lipinski definition) is 2. The van der Waals surface area contributed by atoms with E-state index in [1.807, 2.05) is 13.8 Å². The van der Waals surface area contributed by atoms with Crippen molar-refractivity contribution in [3.8, 4) is 0 Å². The zero-order valence-corrected chi connectivity index (χ0v) is 14.5. The number of rotatable bonds is 2. The Kier molecular flexibility index (Phi) is 4.61. The molecule has 10 heteroatoms. The lowest BCUT2D eigenvalue weighted by atomic mass is 9.57. The number of carbonyl (C=O) groups excluding carboxylic acids is 1. The first-order chi connectivity index (χ1) is 12.3. The Labute approximate surface area is 151 Å². The topological polar surface area (TPSA) is 50.4 Å². The Hall–Kier alpha value is -1.97. The van der Waals surface area contributed by atoms with Gasteiger partial charge in [0.2, 0.25) is 0 Å². The summed E-state index contributed by atoms with van der Waals surface area (Å²) in [7, 11) is 0. The highest BCUT2D eigenvalue weighted by atomic mass is 19.4. The van der Waals surface area contributed by atoms with Crippen LogP contribution in [-0.4, -0.2) is 24.8 Å². The molecule has 1 aliphatic heterocycles. The number of ether oxygens (including phenoxy) is 1. The molecule has 0 radical (unpaired) electrons. The number of alkyl halides is 6. The molecule has 0 bridgehead atoms. The molecule has 1 aliphatic carbocycles. The molecule has 1 aromatic carbocycles. The van der Waals surface area contributed by atoms with Crippen LogP contribution in [0.3, 0.4) is 0 Å². The number of halogens is 6. The minimum Gasteiger partial charge on any atom is -0.377 e. The molecule has 4 nitrogen and oxygen atoms in total. The van der Waals surface area contributed by atoms with Gasteiger partial charge in [0, 0.05) is 29.7 Å². The predicted molar refractivity (Wildman–Crippen MR) is 84.0 cm³/mol. The number of amides is 2. The summed E-state index contributed by atoms with van der Waals surface area (Å²) in [6.07, 6.45) is -9.23. The molecule has 0 aromatic heterocycles. The summed E-state index contributed by atoms with van der Waals surface area (Å²) in [4.78, 5) is 12.2. The molecule has 150 valence electrons. The van der Waals surface area contributed by atoms with Crippen LogP contribution in [0.4, 0.5) is 36.8 Å². The fourth-order valence-corrected chi connectivity index (χ4v) is 3.95. The summed E-state index contributed by atoms with van der Waals surface area (Å²) < 4.78 is 82.9. The van der Waals surface area contributed by atoms with E-state index in [2.05, 4.69) is 10.6 Å². The molecule has 27 heavy (non-hydrogen) atoms. The average molecular weight is 396 g/mol. The van der Waals surface area contributed by atoms with Crippen LogP contribution < -0.4 is 10.6 Å². The summed E-state index contributed by atoms with van der Waals surface area (Å²) >= 11 is 0.